The smallest absolute Gasteiger partial charge is 0.326 e. The van der Waals surface area contributed by atoms with E-state index >= 15 is 0 Å². The van der Waals surface area contributed by atoms with Crippen molar-refractivity contribution in [1.82, 2.24) is 26.6 Å². The minimum atomic E-state index is -1.27. The molecule has 4 amide bonds. The van der Waals surface area contributed by atoms with Gasteiger partial charge in [-0.05, 0) is 29.9 Å². The fraction of sp³-hybridized carbons (Fsp3) is 0.419. The molecule has 0 aliphatic carbocycles. The summed E-state index contributed by atoms with van der Waals surface area (Å²) in [6.07, 6.45) is 1.81. The van der Waals surface area contributed by atoms with E-state index in [9.17, 15) is 29.1 Å². The van der Waals surface area contributed by atoms with Crippen LogP contribution in [0.25, 0.3) is 0 Å². The quantitative estimate of drug-likeness (QED) is 0.142. The Morgan fingerprint density at radius 2 is 1.57 bits per heavy atom. The Morgan fingerprint density at radius 3 is 2.11 bits per heavy atom. The van der Waals surface area contributed by atoms with Gasteiger partial charge < -0.3 is 42.2 Å². The van der Waals surface area contributed by atoms with Crippen molar-refractivity contribution in [3.05, 3.63) is 71.8 Å². The molecule has 1 aliphatic rings. The SMILES string of the molecule is CCC(C)C(NC(=O)C(NC(=O)NC(Cc1ccccc1)C(=O)O)C1CCN=C(N)N1)C(=O)NC(C=O)Cc1ccccc1. The minimum absolute atomic E-state index is 0.0267. The number of nitrogens with one attached hydrogen (secondary N) is 5. The van der Waals surface area contributed by atoms with E-state index < -0.39 is 54.0 Å². The lowest BCUT2D eigenvalue weighted by Gasteiger charge is -2.33. The molecule has 13 nitrogen and oxygen atoms in total. The van der Waals surface area contributed by atoms with Gasteiger partial charge in [0.25, 0.3) is 0 Å². The molecule has 8 N–H and O–H groups in total. The first-order valence-corrected chi connectivity index (χ1v) is 14.6. The first-order valence-electron chi connectivity index (χ1n) is 14.6. The molecule has 1 heterocycles. The molecule has 2 aromatic carbocycles. The number of hydrogen-bond acceptors (Lipinski definition) is 8. The minimum Gasteiger partial charge on any atom is -0.480 e. The zero-order chi connectivity index (χ0) is 32.1. The normalized spacial score (nSPS) is 17.7. The molecular formula is C31H41N7O6. The summed E-state index contributed by atoms with van der Waals surface area (Å²) in [5, 5.41) is 23.1. The number of aliphatic imine (C=N–C) groups is 1. The van der Waals surface area contributed by atoms with E-state index in [-0.39, 0.29) is 31.3 Å². The van der Waals surface area contributed by atoms with E-state index in [2.05, 4.69) is 31.6 Å². The van der Waals surface area contributed by atoms with Crippen molar-refractivity contribution >= 4 is 36.1 Å². The molecular weight excluding hydrogens is 566 g/mol. The van der Waals surface area contributed by atoms with Gasteiger partial charge in [-0.2, -0.15) is 0 Å². The molecule has 0 aromatic heterocycles. The second kappa shape index (κ2) is 16.6. The molecule has 236 valence electrons. The molecule has 0 saturated heterocycles. The summed E-state index contributed by atoms with van der Waals surface area (Å²) in [6, 6.07) is 12.1. The van der Waals surface area contributed by atoms with Gasteiger partial charge in [0.1, 0.15) is 24.4 Å². The van der Waals surface area contributed by atoms with Crippen LogP contribution in [0.5, 0.6) is 0 Å². The van der Waals surface area contributed by atoms with E-state index in [0.717, 1.165) is 5.56 Å². The molecule has 0 radical (unpaired) electrons. The van der Waals surface area contributed by atoms with E-state index in [1.54, 1.807) is 37.3 Å². The number of guanidine groups is 1. The van der Waals surface area contributed by atoms with Crippen molar-refractivity contribution < 1.29 is 29.1 Å². The number of nitrogens with two attached hydrogens (primary N) is 1. The van der Waals surface area contributed by atoms with Gasteiger partial charge in [0.05, 0.1) is 12.1 Å². The highest BCUT2D eigenvalue weighted by Gasteiger charge is 2.36. The molecule has 6 unspecified atom stereocenters. The fourth-order valence-electron chi connectivity index (χ4n) is 4.84. The fourth-order valence-corrected chi connectivity index (χ4v) is 4.84. The summed E-state index contributed by atoms with van der Waals surface area (Å²) in [4.78, 5) is 68.0. The number of aliphatic carboxylic acids is 1. The van der Waals surface area contributed by atoms with Crippen LogP contribution < -0.4 is 32.3 Å². The lowest BCUT2D eigenvalue weighted by molar-refractivity contribution is -0.139. The molecule has 3 rings (SSSR count). The van der Waals surface area contributed by atoms with Crippen LogP contribution in [0.1, 0.15) is 37.8 Å². The van der Waals surface area contributed by atoms with Crippen LogP contribution in [-0.4, -0.2) is 77.9 Å². The second-order valence-corrected chi connectivity index (χ2v) is 10.8. The summed E-state index contributed by atoms with van der Waals surface area (Å²) >= 11 is 0. The van der Waals surface area contributed by atoms with Crippen LogP contribution in [0, 0.1) is 5.92 Å². The molecule has 0 spiro atoms. The molecule has 2 aromatic rings. The number of carboxylic acid groups (broad SMARTS) is 1. The van der Waals surface area contributed by atoms with Crippen LogP contribution in [0.4, 0.5) is 4.79 Å². The van der Waals surface area contributed by atoms with Gasteiger partial charge in [-0.15, -0.1) is 0 Å². The lowest BCUT2D eigenvalue weighted by Crippen LogP contribution is -2.65. The van der Waals surface area contributed by atoms with E-state index in [4.69, 9.17) is 5.73 Å². The Morgan fingerprint density at radius 1 is 0.955 bits per heavy atom. The van der Waals surface area contributed by atoms with Gasteiger partial charge in [0.2, 0.25) is 11.8 Å². The topological polar surface area (TPSA) is 204 Å². The highest BCUT2D eigenvalue weighted by molar-refractivity contribution is 5.94. The standard InChI is InChI=1S/C31H41N7O6/c1-3-19(2)25(27(40)34-22(18-39)16-20-10-6-4-7-11-20)37-28(41)26(23-14-15-33-30(32)35-23)38-31(44)36-24(29(42)43)17-21-12-8-5-9-13-21/h4-13,18-19,22-26H,3,14-17H2,1-2H3,(H,34,40)(H,37,41)(H,42,43)(H3,32,33,35)(H2,36,38,44). The highest BCUT2D eigenvalue weighted by atomic mass is 16.4. The van der Waals surface area contributed by atoms with E-state index in [1.165, 1.54) is 0 Å². The molecule has 13 heteroatoms. The van der Waals surface area contributed by atoms with Crippen molar-refractivity contribution in [3.63, 3.8) is 0 Å². The van der Waals surface area contributed by atoms with Gasteiger partial charge in [-0.1, -0.05) is 80.9 Å². The number of rotatable bonds is 15. The van der Waals surface area contributed by atoms with Crippen LogP contribution in [0.15, 0.2) is 65.7 Å². The average molecular weight is 608 g/mol. The Kier molecular flexibility index (Phi) is 12.7. The van der Waals surface area contributed by atoms with Crippen LogP contribution in [0.2, 0.25) is 0 Å². The van der Waals surface area contributed by atoms with Crippen molar-refractivity contribution in [2.24, 2.45) is 16.6 Å². The summed E-state index contributed by atoms with van der Waals surface area (Å²) in [5.74, 6) is -2.72. The number of carbonyl (C=O) groups excluding carboxylic acids is 4. The Labute approximate surface area is 256 Å². The Hall–Kier alpha value is -4.94. The summed E-state index contributed by atoms with van der Waals surface area (Å²) in [6.45, 7) is 3.94. The average Bonchev–Trinajstić information content (AvgIpc) is 3.02. The molecule has 1 aliphatic heterocycles. The maximum Gasteiger partial charge on any atom is 0.326 e. The van der Waals surface area contributed by atoms with Crippen molar-refractivity contribution in [1.29, 1.82) is 0 Å². The predicted octanol–water partition coefficient (Wildman–Crippen LogP) is 0.484. The number of nitrogens with zero attached hydrogens (tertiary/aromatic N) is 1. The third kappa shape index (κ3) is 10.1. The summed E-state index contributed by atoms with van der Waals surface area (Å²) in [5.41, 5.74) is 7.42. The van der Waals surface area contributed by atoms with Crippen molar-refractivity contribution in [2.45, 2.75) is 69.7 Å². The van der Waals surface area contributed by atoms with E-state index in [1.807, 2.05) is 37.3 Å². The maximum atomic E-state index is 13.7. The molecule has 0 fully saturated rings. The molecule has 0 bridgehead atoms. The summed E-state index contributed by atoms with van der Waals surface area (Å²) in [7, 11) is 0. The maximum absolute atomic E-state index is 13.7. The Bertz CT molecular complexity index is 1310. The van der Waals surface area contributed by atoms with Gasteiger partial charge in [0.15, 0.2) is 5.96 Å². The summed E-state index contributed by atoms with van der Waals surface area (Å²) < 4.78 is 0. The predicted molar refractivity (Wildman–Crippen MR) is 165 cm³/mol. The zero-order valence-corrected chi connectivity index (χ0v) is 24.9. The third-order valence-corrected chi connectivity index (χ3v) is 7.50. The van der Waals surface area contributed by atoms with Crippen LogP contribution in [-0.2, 0) is 32.0 Å². The number of amides is 4. The van der Waals surface area contributed by atoms with Crippen LogP contribution >= 0.6 is 0 Å². The number of benzene rings is 2. The van der Waals surface area contributed by atoms with Gasteiger partial charge in [-0.25, -0.2) is 9.59 Å². The number of carboxylic acids is 1. The molecule has 6 atom stereocenters. The molecule has 44 heavy (non-hydrogen) atoms. The van der Waals surface area contributed by atoms with Gasteiger partial charge in [0, 0.05) is 13.0 Å². The highest BCUT2D eigenvalue weighted by Crippen LogP contribution is 2.12. The van der Waals surface area contributed by atoms with Crippen LogP contribution in [0.3, 0.4) is 0 Å². The second-order valence-electron chi connectivity index (χ2n) is 10.8. The van der Waals surface area contributed by atoms with Gasteiger partial charge in [-0.3, -0.25) is 14.6 Å². The van der Waals surface area contributed by atoms with E-state index in [0.29, 0.717) is 24.7 Å². The first kappa shape index (κ1) is 33.6. The number of hydrogen-bond donors (Lipinski definition) is 7. The first-order chi connectivity index (χ1) is 21.1. The monoisotopic (exact) mass is 607 g/mol. The van der Waals surface area contributed by atoms with Gasteiger partial charge >= 0.3 is 12.0 Å². The van der Waals surface area contributed by atoms with Crippen molar-refractivity contribution in [2.75, 3.05) is 6.54 Å². The number of urea groups is 1. The largest absolute Gasteiger partial charge is 0.480 e. The molecule has 0 saturated carbocycles. The Balaban J connectivity index is 1.76. The van der Waals surface area contributed by atoms with Crippen molar-refractivity contribution in [3.8, 4) is 0 Å². The number of carbonyl (C=O) groups is 5. The zero-order valence-electron chi connectivity index (χ0n) is 24.9. The third-order valence-electron chi connectivity index (χ3n) is 7.50. The number of aldehydes is 1. The lowest BCUT2D eigenvalue weighted by atomic mass is 9.96.